The van der Waals surface area contributed by atoms with Crippen LogP contribution in [0.4, 0.5) is 0 Å². The molecule has 0 N–H and O–H groups in total. The minimum absolute atomic E-state index is 0.129. The predicted octanol–water partition coefficient (Wildman–Crippen LogP) is 0.966. The molecule has 58 valence electrons. The van der Waals surface area contributed by atoms with Crippen molar-refractivity contribution >= 4 is 6.47 Å². The molecule has 0 unspecified atom stereocenters. The zero-order chi connectivity index (χ0) is 8.36. The molecule has 0 rings (SSSR count). The maximum absolute atomic E-state index is 9.61. The van der Waals surface area contributed by atoms with Crippen molar-refractivity contribution in [1.29, 1.82) is 0 Å². The second-order valence-corrected chi connectivity index (χ2v) is 1.76. The van der Waals surface area contributed by atoms with Crippen molar-refractivity contribution in [3.05, 3.63) is 0 Å². The summed E-state index contributed by atoms with van der Waals surface area (Å²) in [6, 6.07) is 0. The van der Waals surface area contributed by atoms with Crippen molar-refractivity contribution in [1.82, 2.24) is 0 Å². The summed E-state index contributed by atoms with van der Waals surface area (Å²) < 4.78 is 4.32. The van der Waals surface area contributed by atoms with Crippen LogP contribution in [0.3, 0.4) is 0 Å². The number of ether oxygens (including phenoxy) is 1. The molecule has 0 fully saturated rings. The van der Waals surface area contributed by atoms with Gasteiger partial charge in [-0.25, -0.2) is 0 Å². The van der Waals surface area contributed by atoms with Gasteiger partial charge in [-0.3, -0.25) is 4.79 Å². The van der Waals surface area contributed by atoms with Gasteiger partial charge in [0.05, 0.1) is 0 Å². The Morgan fingerprint density at radius 2 is 2.09 bits per heavy atom. The standard InChI is InChI=1S/C9H10O2/c1-2-3-4-5-6-7-8-11-9-10/h9H,2-3,8H2,1H3. The Bertz CT molecular complexity index is 209. The number of hydrogen-bond donors (Lipinski definition) is 0. The van der Waals surface area contributed by atoms with E-state index in [1.54, 1.807) is 0 Å². The lowest BCUT2D eigenvalue weighted by molar-refractivity contribution is -0.127. The molecule has 0 spiro atoms. The van der Waals surface area contributed by atoms with Crippen molar-refractivity contribution < 1.29 is 9.53 Å². The average Bonchev–Trinajstić information content (AvgIpc) is 2.03. The third-order valence-corrected chi connectivity index (χ3v) is 0.838. The summed E-state index contributed by atoms with van der Waals surface area (Å²) >= 11 is 0. The van der Waals surface area contributed by atoms with Gasteiger partial charge in [0.25, 0.3) is 6.47 Å². The SMILES string of the molecule is CCCC#CC#CCOC=O. The smallest absolute Gasteiger partial charge is 0.294 e. The first kappa shape index (κ1) is 9.59. The fourth-order valence-corrected chi connectivity index (χ4v) is 0.388. The minimum atomic E-state index is 0.129. The normalized spacial score (nSPS) is 6.64. The van der Waals surface area contributed by atoms with Crippen LogP contribution in [0.2, 0.25) is 0 Å². The fraction of sp³-hybridized carbons (Fsp3) is 0.444. The van der Waals surface area contributed by atoms with E-state index in [2.05, 4.69) is 35.3 Å². The van der Waals surface area contributed by atoms with Gasteiger partial charge in [0.2, 0.25) is 0 Å². The van der Waals surface area contributed by atoms with Crippen LogP contribution in [0.5, 0.6) is 0 Å². The molecular formula is C9H10O2. The molecule has 0 aliphatic heterocycles. The second-order valence-electron chi connectivity index (χ2n) is 1.76. The summed E-state index contributed by atoms with van der Waals surface area (Å²) in [6.45, 7) is 2.55. The number of unbranched alkanes of at least 4 members (excludes halogenated alkanes) is 1. The van der Waals surface area contributed by atoms with Gasteiger partial charge in [0.15, 0.2) is 6.61 Å². The van der Waals surface area contributed by atoms with Gasteiger partial charge in [0.1, 0.15) is 0 Å². The summed E-state index contributed by atoms with van der Waals surface area (Å²) in [5.74, 6) is 10.6. The third kappa shape index (κ3) is 8.59. The first-order valence-corrected chi connectivity index (χ1v) is 3.42. The van der Waals surface area contributed by atoms with E-state index in [1.165, 1.54) is 0 Å². The van der Waals surface area contributed by atoms with E-state index in [0.29, 0.717) is 6.47 Å². The molecule has 11 heavy (non-hydrogen) atoms. The molecule has 0 heterocycles. The summed E-state index contributed by atoms with van der Waals surface area (Å²) in [7, 11) is 0. The van der Waals surface area contributed by atoms with Crippen LogP contribution >= 0.6 is 0 Å². The highest BCUT2D eigenvalue weighted by Crippen LogP contribution is 1.79. The number of hydrogen-bond acceptors (Lipinski definition) is 2. The highest BCUT2D eigenvalue weighted by atomic mass is 16.5. The van der Waals surface area contributed by atoms with Crippen molar-refractivity contribution in [2.24, 2.45) is 0 Å². The Hall–Kier alpha value is -1.41. The molecule has 0 atom stereocenters. The van der Waals surface area contributed by atoms with Gasteiger partial charge in [-0.15, -0.1) is 0 Å². The Kier molecular flexibility index (Phi) is 7.49. The van der Waals surface area contributed by atoms with Gasteiger partial charge in [-0.1, -0.05) is 12.8 Å². The number of carbonyl (C=O) groups excluding carboxylic acids is 1. The molecule has 2 nitrogen and oxygen atoms in total. The molecule has 2 heteroatoms. The van der Waals surface area contributed by atoms with Crippen LogP contribution in [-0.2, 0) is 9.53 Å². The molecule has 0 aromatic heterocycles. The zero-order valence-corrected chi connectivity index (χ0v) is 6.52. The molecule has 0 aromatic carbocycles. The highest BCUT2D eigenvalue weighted by molar-refractivity contribution is 5.38. The number of carbonyl (C=O) groups is 1. The molecule has 0 aromatic rings. The van der Waals surface area contributed by atoms with Crippen LogP contribution in [0.1, 0.15) is 19.8 Å². The van der Waals surface area contributed by atoms with Gasteiger partial charge in [0, 0.05) is 6.42 Å². The van der Waals surface area contributed by atoms with E-state index >= 15 is 0 Å². The molecular weight excluding hydrogens is 140 g/mol. The maximum atomic E-state index is 9.61. The Balaban J connectivity index is 3.40. The van der Waals surface area contributed by atoms with Crippen LogP contribution in [-0.4, -0.2) is 13.1 Å². The van der Waals surface area contributed by atoms with Crippen molar-refractivity contribution in [3.63, 3.8) is 0 Å². The van der Waals surface area contributed by atoms with Gasteiger partial charge < -0.3 is 4.74 Å². The van der Waals surface area contributed by atoms with Gasteiger partial charge in [-0.05, 0) is 24.2 Å². The summed E-state index contributed by atoms with van der Waals surface area (Å²) in [6.07, 6.45) is 1.91. The minimum Gasteiger partial charge on any atom is -0.455 e. The molecule has 0 saturated carbocycles. The Morgan fingerprint density at radius 3 is 2.73 bits per heavy atom. The summed E-state index contributed by atoms with van der Waals surface area (Å²) in [5, 5.41) is 0. The maximum Gasteiger partial charge on any atom is 0.294 e. The van der Waals surface area contributed by atoms with Crippen LogP contribution in [0.25, 0.3) is 0 Å². The Labute approximate surface area is 66.9 Å². The van der Waals surface area contributed by atoms with Crippen LogP contribution < -0.4 is 0 Å². The van der Waals surface area contributed by atoms with Crippen LogP contribution in [0, 0.1) is 23.7 Å². The topological polar surface area (TPSA) is 26.3 Å². The molecule has 0 aliphatic rings. The Morgan fingerprint density at radius 1 is 1.36 bits per heavy atom. The predicted molar refractivity (Wildman–Crippen MR) is 42.5 cm³/mol. The molecule has 0 bridgehead atoms. The van der Waals surface area contributed by atoms with E-state index in [1.807, 2.05) is 0 Å². The quantitative estimate of drug-likeness (QED) is 0.340. The molecule has 0 saturated heterocycles. The van der Waals surface area contributed by atoms with Crippen LogP contribution in [0.15, 0.2) is 0 Å². The first-order chi connectivity index (χ1) is 5.41. The second kappa shape index (κ2) is 8.59. The fourth-order valence-electron chi connectivity index (χ4n) is 0.388. The largest absolute Gasteiger partial charge is 0.455 e. The lowest BCUT2D eigenvalue weighted by atomic mass is 10.3. The molecule has 0 aliphatic carbocycles. The van der Waals surface area contributed by atoms with Gasteiger partial charge >= 0.3 is 0 Å². The van der Waals surface area contributed by atoms with Crippen molar-refractivity contribution in [3.8, 4) is 23.7 Å². The van der Waals surface area contributed by atoms with Gasteiger partial charge in [-0.2, -0.15) is 0 Å². The average molecular weight is 150 g/mol. The third-order valence-electron chi connectivity index (χ3n) is 0.838. The number of rotatable bonds is 3. The summed E-state index contributed by atoms with van der Waals surface area (Å²) in [4.78, 5) is 9.61. The van der Waals surface area contributed by atoms with E-state index < -0.39 is 0 Å². The highest BCUT2D eigenvalue weighted by Gasteiger charge is 1.70. The molecule has 0 amide bonds. The van der Waals surface area contributed by atoms with Crippen molar-refractivity contribution in [2.45, 2.75) is 19.8 Å². The van der Waals surface area contributed by atoms with E-state index in [4.69, 9.17) is 0 Å². The zero-order valence-electron chi connectivity index (χ0n) is 6.52. The lowest BCUT2D eigenvalue weighted by Crippen LogP contribution is -1.85. The molecule has 0 radical (unpaired) electrons. The lowest BCUT2D eigenvalue weighted by Gasteiger charge is -1.81. The van der Waals surface area contributed by atoms with E-state index in [-0.39, 0.29) is 6.61 Å². The van der Waals surface area contributed by atoms with E-state index in [9.17, 15) is 4.79 Å². The first-order valence-electron chi connectivity index (χ1n) is 3.42. The van der Waals surface area contributed by atoms with E-state index in [0.717, 1.165) is 12.8 Å². The van der Waals surface area contributed by atoms with Crippen molar-refractivity contribution in [2.75, 3.05) is 6.61 Å². The monoisotopic (exact) mass is 150 g/mol. The summed E-state index contributed by atoms with van der Waals surface area (Å²) in [5.41, 5.74) is 0.